The van der Waals surface area contributed by atoms with Gasteiger partial charge in [0.25, 0.3) is 0 Å². The highest BCUT2D eigenvalue weighted by atomic mass is 19.1. The molecule has 0 radical (unpaired) electrons. The van der Waals surface area contributed by atoms with Crippen molar-refractivity contribution in [1.29, 1.82) is 0 Å². The molecule has 6 rings (SSSR count). The first kappa shape index (κ1) is 24.7. The fraction of sp³-hybridized carbons (Fsp3) is 0.517. The van der Waals surface area contributed by atoms with Gasteiger partial charge in [-0.2, -0.15) is 0 Å². The van der Waals surface area contributed by atoms with E-state index in [9.17, 15) is 8.78 Å². The largest absolute Gasteiger partial charge is 0.488 e. The maximum absolute atomic E-state index is 15.7. The van der Waals surface area contributed by atoms with Crippen molar-refractivity contribution in [2.24, 2.45) is 5.92 Å². The number of likely N-dealkylation sites (tertiary alicyclic amines) is 1. The van der Waals surface area contributed by atoms with Gasteiger partial charge >= 0.3 is 0 Å². The van der Waals surface area contributed by atoms with Crippen molar-refractivity contribution in [1.82, 2.24) is 14.8 Å². The minimum Gasteiger partial charge on any atom is -0.488 e. The smallest absolute Gasteiger partial charge is 0.135 e. The number of fused-ring (bicyclic) bond motifs is 3. The number of rotatable bonds is 7. The molecule has 0 bridgehead atoms. The summed E-state index contributed by atoms with van der Waals surface area (Å²) in [5.74, 6) is -1.18. The normalized spacial score (nSPS) is 26.8. The molecule has 3 aromatic rings. The van der Waals surface area contributed by atoms with Crippen LogP contribution in [0.1, 0.15) is 50.1 Å². The van der Waals surface area contributed by atoms with E-state index in [2.05, 4.69) is 9.88 Å². The van der Waals surface area contributed by atoms with Crippen LogP contribution in [0.3, 0.4) is 0 Å². The van der Waals surface area contributed by atoms with Crippen LogP contribution in [0.25, 0.3) is 10.9 Å². The molecular weight excluding hydrogens is 482 g/mol. The third kappa shape index (κ3) is 4.74. The molecule has 8 heteroatoms. The molecule has 2 aliphatic heterocycles. The van der Waals surface area contributed by atoms with Crippen LogP contribution in [0.2, 0.25) is 0 Å². The molecule has 4 atom stereocenters. The molecule has 3 heterocycles. The van der Waals surface area contributed by atoms with Gasteiger partial charge in [0.2, 0.25) is 0 Å². The number of nitrogens with one attached hydrogen (secondary N) is 1. The lowest BCUT2D eigenvalue weighted by atomic mass is 9.87. The summed E-state index contributed by atoms with van der Waals surface area (Å²) in [6.07, 6.45) is 0.395. The molecule has 1 N–H and O–H groups in total. The Balaban J connectivity index is 1.31. The van der Waals surface area contributed by atoms with Gasteiger partial charge in [0.1, 0.15) is 35.3 Å². The topological polar surface area (TPSA) is 31.5 Å². The molecule has 1 saturated heterocycles. The SMILES string of the molecule is C[C@@H]1Cc2c([nH]c3ccccc23)[C@@H](c2c(F)cc(OC3CN(C[C@@H]4C[C@@H]4F)C3)cc2F)N1CC(C)(C)F. The van der Waals surface area contributed by atoms with Gasteiger partial charge < -0.3 is 9.72 Å². The zero-order valence-electron chi connectivity index (χ0n) is 21.4. The summed E-state index contributed by atoms with van der Waals surface area (Å²) in [6.45, 7) is 6.92. The number of aromatic amines is 1. The van der Waals surface area contributed by atoms with Crippen LogP contribution < -0.4 is 4.74 Å². The molecule has 0 spiro atoms. The predicted molar refractivity (Wildman–Crippen MR) is 135 cm³/mol. The second kappa shape index (κ2) is 9.02. The van der Waals surface area contributed by atoms with Crippen molar-refractivity contribution in [3.8, 4) is 5.75 Å². The van der Waals surface area contributed by atoms with E-state index in [-0.39, 0.29) is 35.9 Å². The maximum Gasteiger partial charge on any atom is 0.135 e. The Kier molecular flexibility index (Phi) is 6.03. The average Bonchev–Trinajstić information content (AvgIpc) is 3.36. The van der Waals surface area contributed by atoms with Crippen LogP contribution in [-0.4, -0.2) is 64.9 Å². The highest BCUT2D eigenvalue weighted by molar-refractivity contribution is 5.85. The maximum atomic E-state index is 15.7. The van der Waals surface area contributed by atoms with E-state index < -0.39 is 29.5 Å². The summed E-state index contributed by atoms with van der Waals surface area (Å²) in [5, 5.41) is 1.02. The molecule has 2 aromatic carbocycles. The molecule has 2 fully saturated rings. The first-order valence-electron chi connectivity index (χ1n) is 13.1. The molecule has 1 aliphatic carbocycles. The summed E-state index contributed by atoms with van der Waals surface area (Å²) in [5.41, 5.74) is 0.961. The molecule has 37 heavy (non-hydrogen) atoms. The molecule has 1 aromatic heterocycles. The van der Waals surface area contributed by atoms with Crippen molar-refractivity contribution < 1.29 is 22.3 Å². The van der Waals surface area contributed by atoms with Crippen LogP contribution in [0.5, 0.6) is 5.75 Å². The van der Waals surface area contributed by atoms with Crippen LogP contribution in [-0.2, 0) is 6.42 Å². The first-order valence-corrected chi connectivity index (χ1v) is 13.1. The van der Waals surface area contributed by atoms with E-state index in [1.165, 1.54) is 26.0 Å². The number of para-hydroxylation sites is 1. The Morgan fingerprint density at radius 2 is 1.78 bits per heavy atom. The highest BCUT2D eigenvalue weighted by Gasteiger charge is 2.43. The van der Waals surface area contributed by atoms with Gasteiger partial charge in [0.05, 0.1) is 6.04 Å². The minimum atomic E-state index is -1.55. The van der Waals surface area contributed by atoms with Gasteiger partial charge in [-0.05, 0) is 45.2 Å². The van der Waals surface area contributed by atoms with Crippen LogP contribution >= 0.6 is 0 Å². The van der Waals surface area contributed by atoms with Crippen molar-refractivity contribution in [3.05, 3.63) is 64.9 Å². The summed E-state index contributed by atoms with van der Waals surface area (Å²) in [4.78, 5) is 7.35. The molecule has 0 unspecified atom stereocenters. The standard InChI is InChI=1S/C29H33F4N3O/c1-16-8-21-20-6-4-5-7-25(20)34-27(21)28(36(16)15-29(2,3)33)26-23(31)10-18(11-24(26)32)37-19-13-35(14-19)12-17-9-22(17)30/h4-7,10-11,16-17,19,22,28,34H,8-9,12-15H2,1-3H3/t16-,17+,22+,28-/m1/s1. The van der Waals surface area contributed by atoms with Crippen molar-refractivity contribution in [2.45, 2.75) is 63.6 Å². The van der Waals surface area contributed by atoms with Gasteiger partial charge in [0.15, 0.2) is 0 Å². The summed E-state index contributed by atoms with van der Waals surface area (Å²) >= 11 is 0. The van der Waals surface area contributed by atoms with E-state index in [1.54, 1.807) is 0 Å². The fourth-order valence-corrected chi connectivity index (χ4v) is 6.06. The van der Waals surface area contributed by atoms with Crippen LogP contribution in [0.4, 0.5) is 17.6 Å². The quantitative estimate of drug-likeness (QED) is 0.395. The Morgan fingerprint density at radius 1 is 1.11 bits per heavy atom. The van der Waals surface area contributed by atoms with Gasteiger partial charge in [-0.3, -0.25) is 9.80 Å². The van der Waals surface area contributed by atoms with E-state index in [0.29, 0.717) is 38.2 Å². The lowest BCUT2D eigenvalue weighted by Crippen LogP contribution is -2.54. The van der Waals surface area contributed by atoms with E-state index in [1.807, 2.05) is 36.1 Å². The molecule has 198 valence electrons. The van der Waals surface area contributed by atoms with Crippen molar-refractivity contribution in [3.63, 3.8) is 0 Å². The molecule has 0 amide bonds. The molecule has 4 nitrogen and oxygen atoms in total. The lowest BCUT2D eigenvalue weighted by Gasteiger charge is -2.43. The lowest BCUT2D eigenvalue weighted by molar-refractivity contribution is 0.0153. The monoisotopic (exact) mass is 515 g/mol. The second-order valence-electron chi connectivity index (χ2n) is 11.7. The van der Waals surface area contributed by atoms with Crippen molar-refractivity contribution >= 4 is 10.9 Å². The van der Waals surface area contributed by atoms with E-state index in [4.69, 9.17) is 4.74 Å². The number of halogens is 4. The third-order valence-electron chi connectivity index (χ3n) is 7.96. The molecule has 1 saturated carbocycles. The predicted octanol–water partition coefficient (Wildman–Crippen LogP) is 5.95. The van der Waals surface area contributed by atoms with Gasteiger partial charge in [-0.1, -0.05) is 18.2 Å². The highest BCUT2D eigenvalue weighted by Crippen LogP contribution is 2.44. The number of aromatic nitrogens is 1. The number of alkyl halides is 2. The first-order chi connectivity index (χ1) is 17.6. The van der Waals surface area contributed by atoms with Gasteiger partial charge in [-0.25, -0.2) is 17.6 Å². The molecule has 3 aliphatic rings. The number of nitrogens with zero attached hydrogens (tertiary/aromatic N) is 2. The summed E-state index contributed by atoms with van der Waals surface area (Å²) in [7, 11) is 0. The number of H-pyrrole nitrogens is 1. The molecular formula is C29H33F4N3O. The number of ether oxygens (including phenoxy) is 1. The minimum absolute atomic E-state index is 0.0312. The Hall–Kier alpha value is -2.58. The zero-order chi connectivity index (χ0) is 26.1. The van der Waals surface area contributed by atoms with Gasteiger partial charge in [0, 0.05) is 72.4 Å². The van der Waals surface area contributed by atoms with E-state index in [0.717, 1.165) is 16.5 Å². The Bertz CT molecular complexity index is 1290. The number of benzene rings is 2. The zero-order valence-corrected chi connectivity index (χ0v) is 21.4. The van der Waals surface area contributed by atoms with E-state index >= 15 is 8.78 Å². The summed E-state index contributed by atoms with van der Waals surface area (Å²) in [6, 6.07) is 9.36. The summed E-state index contributed by atoms with van der Waals surface area (Å²) < 4.78 is 65.4. The third-order valence-corrected chi connectivity index (χ3v) is 7.96. The van der Waals surface area contributed by atoms with Gasteiger partial charge in [-0.15, -0.1) is 0 Å². The van der Waals surface area contributed by atoms with Crippen molar-refractivity contribution in [2.75, 3.05) is 26.2 Å². The number of hydrogen-bond donors (Lipinski definition) is 1. The van der Waals surface area contributed by atoms with Crippen LogP contribution in [0, 0.1) is 17.6 Å². The Morgan fingerprint density at radius 3 is 2.43 bits per heavy atom. The average molecular weight is 516 g/mol. The number of hydrogen-bond acceptors (Lipinski definition) is 3. The van der Waals surface area contributed by atoms with Crippen LogP contribution in [0.15, 0.2) is 36.4 Å². The fourth-order valence-electron chi connectivity index (χ4n) is 6.06. The Labute approximate surface area is 214 Å². The second-order valence-corrected chi connectivity index (χ2v) is 11.7.